The van der Waals surface area contributed by atoms with E-state index in [1.807, 2.05) is 25.1 Å². The average molecular weight is 417 g/mol. The maximum atomic E-state index is 5.95. The Morgan fingerprint density at radius 2 is 1.50 bits per heavy atom. The fourth-order valence-corrected chi connectivity index (χ4v) is 3.70. The summed E-state index contributed by atoms with van der Waals surface area (Å²) >= 11 is 1.35. The van der Waals surface area contributed by atoms with Gasteiger partial charge in [0.1, 0.15) is 17.4 Å². The van der Waals surface area contributed by atoms with Crippen LogP contribution < -0.4 is 4.74 Å². The van der Waals surface area contributed by atoms with E-state index in [4.69, 9.17) is 4.74 Å². The van der Waals surface area contributed by atoms with E-state index in [1.165, 1.54) is 28.2 Å². The minimum Gasteiger partial charge on any atom is -0.487 e. The van der Waals surface area contributed by atoms with Crippen LogP contribution in [0.4, 0.5) is 0 Å². The van der Waals surface area contributed by atoms with Crippen molar-refractivity contribution in [3.05, 3.63) is 88.2 Å². The molecule has 0 aliphatic heterocycles. The number of benzene rings is 2. The molecule has 5 nitrogen and oxygen atoms in total. The highest BCUT2D eigenvalue weighted by atomic mass is 32.1. The van der Waals surface area contributed by atoms with E-state index in [0.29, 0.717) is 18.3 Å². The first-order valence-corrected chi connectivity index (χ1v) is 10.6. The van der Waals surface area contributed by atoms with Gasteiger partial charge in [-0.15, -0.1) is 0 Å². The molecule has 2 aromatic carbocycles. The highest BCUT2D eigenvalue weighted by Gasteiger charge is 2.22. The van der Waals surface area contributed by atoms with Crippen LogP contribution in [0.2, 0.25) is 0 Å². The molecule has 152 valence electrons. The van der Waals surface area contributed by atoms with Crippen LogP contribution in [0.3, 0.4) is 0 Å². The van der Waals surface area contributed by atoms with Crippen molar-refractivity contribution in [1.29, 1.82) is 0 Å². The number of aromatic nitrogens is 4. The van der Waals surface area contributed by atoms with Crippen LogP contribution in [0.25, 0.3) is 11.6 Å². The second-order valence-corrected chi connectivity index (χ2v) is 8.77. The molecule has 0 aliphatic carbocycles. The summed E-state index contributed by atoms with van der Waals surface area (Å²) < 4.78 is 10.2. The van der Waals surface area contributed by atoms with E-state index in [2.05, 4.69) is 76.5 Å². The Bertz CT molecular complexity index is 1130. The zero-order valence-corrected chi connectivity index (χ0v) is 18.4. The smallest absolute Gasteiger partial charge is 0.210 e. The number of ether oxygens (including phenoxy) is 1. The molecule has 4 rings (SSSR count). The molecule has 4 aromatic rings. The Balaban J connectivity index is 1.45. The lowest BCUT2D eigenvalue weighted by atomic mass is 9.78. The van der Waals surface area contributed by atoms with Gasteiger partial charge < -0.3 is 4.74 Å². The van der Waals surface area contributed by atoms with Gasteiger partial charge in [-0.1, -0.05) is 55.8 Å². The number of aryl methyl sites for hydroxylation is 2. The minimum atomic E-state index is -0.0769. The van der Waals surface area contributed by atoms with Gasteiger partial charge in [-0.2, -0.15) is 4.37 Å². The van der Waals surface area contributed by atoms with Crippen LogP contribution in [0.15, 0.2) is 60.8 Å². The molecule has 0 unspecified atom stereocenters. The zero-order chi connectivity index (χ0) is 21.1. The van der Waals surface area contributed by atoms with Gasteiger partial charge in [0.25, 0.3) is 0 Å². The molecule has 0 saturated heterocycles. The summed E-state index contributed by atoms with van der Waals surface area (Å²) in [6.07, 6.45) is 1.71. The summed E-state index contributed by atoms with van der Waals surface area (Å²) in [7, 11) is 0. The monoisotopic (exact) mass is 416 g/mol. The molecule has 30 heavy (non-hydrogen) atoms. The summed E-state index contributed by atoms with van der Waals surface area (Å²) in [5, 5.41) is 0.893. The quantitative estimate of drug-likeness (QED) is 0.414. The van der Waals surface area contributed by atoms with Crippen molar-refractivity contribution in [3.8, 4) is 17.4 Å². The van der Waals surface area contributed by atoms with E-state index >= 15 is 0 Å². The summed E-state index contributed by atoms with van der Waals surface area (Å²) in [5.41, 5.74) is 4.52. The molecule has 0 atom stereocenters. The highest BCUT2D eigenvalue weighted by molar-refractivity contribution is 7.05. The summed E-state index contributed by atoms with van der Waals surface area (Å²) in [5.74, 6) is 1.89. The van der Waals surface area contributed by atoms with Crippen molar-refractivity contribution < 1.29 is 4.74 Å². The zero-order valence-electron chi connectivity index (χ0n) is 17.6. The van der Waals surface area contributed by atoms with E-state index in [0.717, 1.165) is 16.5 Å². The molecule has 6 heteroatoms. The van der Waals surface area contributed by atoms with Gasteiger partial charge in [0.2, 0.25) is 5.82 Å². The standard InChI is InChI=1S/C24H24N4OS/c1-16-5-7-18(8-6-16)24(3,4)19-9-11-21(12-10-19)29-15-20-13-14-25-22(27-20)23-26-17(2)30-28-23/h5-14H,15H2,1-4H3. The number of hydrogen-bond donors (Lipinski definition) is 0. The molecular formula is C24H24N4OS. The van der Waals surface area contributed by atoms with Gasteiger partial charge in [0.05, 0.1) is 5.69 Å². The van der Waals surface area contributed by atoms with Gasteiger partial charge >= 0.3 is 0 Å². The SMILES string of the molecule is Cc1ccc(C(C)(C)c2ccc(OCc3ccnc(-c4nsc(C)n4)n3)cc2)cc1. The van der Waals surface area contributed by atoms with Crippen molar-refractivity contribution >= 4 is 11.5 Å². The van der Waals surface area contributed by atoms with Crippen LogP contribution in [0.1, 0.15) is 41.2 Å². The number of nitrogens with zero attached hydrogens (tertiary/aromatic N) is 4. The van der Waals surface area contributed by atoms with Gasteiger partial charge in [-0.05, 0) is 54.7 Å². The van der Waals surface area contributed by atoms with Gasteiger partial charge in [-0.25, -0.2) is 15.0 Å². The normalized spacial score (nSPS) is 11.5. The Morgan fingerprint density at radius 3 is 2.13 bits per heavy atom. The molecule has 0 N–H and O–H groups in total. The fraction of sp³-hybridized carbons (Fsp3) is 0.250. The molecule has 0 radical (unpaired) electrons. The first-order valence-electron chi connectivity index (χ1n) is 9.85. The molecule has 0 aliphatic rings. The summed E-state index contributed by atoms with van der Waals surface area (Å²) in [6, 6.07) is 18.8. The van der Waals surface area contributed by atoms with Gasteiger partial charge in [-0.3, -0.25) is 0 Å². The molecular weight excluding hydrogens is 392 g/mol. The highest BCUT2D eigenvalue weighted by Crippen LogP contribution is 2.32. The first-order chi connectivity index (χ1) is 14.4. The topological polar surface area (TPSA) is 60.8 Å². The lowest BCUT2D eigenvalue weighted by molar-refractivity contribution is 0.301. The van der Waals surface area contributed by atoms with E-state index < -0.39 is 0 Å². The van der Waals surface area contributed by atoms with Crippen LogP contribution in [0.5, 0.6) is 5.75 Å². The second-order valence-electron chi connectivity index (χ2n) is 7.81. The first kappa shape index (κ1) is 20.2. The molecule has 0 saturated carbocycles. The third-order valence-corrected chi connectivity index (χ3v) is 5.80. The van der Waals surface area contributed by atoms with Crippen molar-refractivity contribution in [3.63, 3.8) is 0 Å². The fourth-order valence-electron chi connectivity index (χ4n) is 3.24. The van der Waals surface area contributed by atoms with Crippen LogP contribution in [-0.2, 0) is 12.0 Å². The van der Waals surface area contributed by atoms with Crippen LogP contribution in [0, 0.1) is 13.8 Å². The van der Waals surface area contributed by atoms with Gasteiger partial charge in [0, 0.05) is 11.6 Å². The summed E-state index contributed by atoms with van der Waals surface area (Å²) in [4.78, 5) is 13.1. The maximum absolute atomic E-state index is 5.95. The lowest BCUT2D eigenvalue weighted by Gasteiger charge is -2.26. The van der Waals surface area contributed by atoms with E-state index in [1.54, 1.807) is 6.20 Å². The second kappa shape index (κ2) is 8.32. The third-order valence-electron chi connectivity index (χ3n) is 5.18. The summed E-state index contributed by atoms with van der Waals surface area (Å²) in [6.45, 7) is 8.86. The van der Waals surface area contributed by atoms with Gasteiger partial charge in [0.15, 0.2) is 5.82 Å². The Labute approximate surface area is 181 Å². The molecule has 2 aromatic heterocycles. The van der Waals surface area contributed by atoms with Crippen LogP contribution in [-0.4, -0.2) is 19.3 Å². The maximum Gasteiger partial charge on any atom is 0.210 e. The third kappa shape index (κ3) is 4.39. The lowest BCUT2D eigenvalue weighted by Crippen LogP contribution is -2.18. The van der Waals surface area contributed by atoms with Crippen molar-refractivity contribution in [2.24, 2.45) is 0 Å². The molecule has 0 fully saturated rings. The Hall–Kier alpha value is -3.12. The molecule has 2 heterocycles. The van der Waals surface area contributed by atoms with Crippen LogP contribution >= 0.6 is 11.5 Å². The Morgan fingerprint density at radius 1 is 0.833 bits per heavy atom. The van der Waals surface area contributed by atoms with E-state index in [9.17, 15) is 0 Å². The number of hydrogen-bond acceptors (Lipinski definition) is 6. The van der Waals surface area contributed by atoms with Crippen molar-refractivity contribution in [2.75, 3.05) is 0 Å². The predicted molar refractivity (Wildman–Crippen MR) is 120 cm³/mol. The average Bonchev–Trinajstić information content (AvgIpc) is 3.19. The molecule has 0 amide bonds. The van der Waals surface area contributed by atoms with Crippen molar-refractivity contribution in [1.82, 2.24) is 19.3 Å². The Kier molecular flexibility index (Phi) is 5.59. The number of rotatable bonds is 6. The van der Waals surface area contributed by atoms with E-state index in [-0.39, 0.29) is 5.41 Å². The predicted octanol–water partition coefficient (Wildman–Crippen LogP) is 5.52. The van der Waals surface area contributed by atoms with Crippen molar-refractivity contribution in [2.45, 2.75) is 39.7 Å². The minimum absolute atomic E-state index is 0.0769. The largest absolute Gasteiger partial charge is 0.487 e. The molecule has 0 bridgehead atoms. The molecule has 0 spiro atoms.